The van der Waals surface area contributed by atoms with Gasteiger partial charge in [0.15, 0.2) is 0 Å². The van der Waals surface area contributed by atoms with Gasteiger partial charge in [0.2, 0.25) is 0 Å². The van der Waals surface area contributed by atoms with Gasteiger partial charge in [0.25, 0.3) is 0 Å². The lowest BCUT2D eigenvalue weighted by molar-refractivity contribution is 0.304. The van der Waals surface area contributed by atoms with Gasteiger partial charge in [-0.25, -0.2) is 0 Å². The zero-order valence-electron chi connectivity index (χ0n) is 10.5. The molecule has 0 aromatic heterocycles. The molecule has 16 heavy (non-hydrogen) atoms. The molecular weight excluding hydrogens is 192 g/mol. The second-order valence-corrected chi connectivity index (χ2v) is 5.27. The molecule has 0 nitrogen and oxygen atoms in total. The van der Waals surface area contributed by atoms with Crippen LogP contribution in [0.1, 0.15) is 63.4 Å². The summed E-state index contributed by atoms with van der Waals surface area (Å²) in [5.74, 6) is 1.87. The zero-order valence-corrected chi connectivity index (χ0v) is 10.5. The average Bonchev–Trinajstić information content (AvgIpc) is 2.38. The fourth-order valence-electron chi connectivity index (χ4n) is 3.00. The van der Waals surface area contributed by atoms with Gasteiger partial charge in [-0.15, -0.1) is 0 Å². The molecule has 1 fully saturated rings. The highest BCUT2D eigenvalue weighted by Gasteiger charge is 2.21. The molecule has 0 saturated heterocycles. The third-order valence-electron chi connectivity index (χ3n) is 4.08. The normalized spacial score (nSPS) is 25.6. The number of rotatable bonds is 4. The molecule has 1 aromatic carbocycles. The maximum absolute atomic E-state index is 2.30. The van der Waals surface area contributed by atoms with E-state index in [-0.39, 0.29) is 0 Å². The number of unbranched alkanes of at least 4 members (excludes halogenated alkanes) is 1. The van der Waals surface area contributed by atoms with Gasteiger partial charge in [0.1, 0.15) is 0 Å². The van der Waals surface area contributed by atoms with Gasteiger partial charge in [-0.05, 0) is 43.1 Å². The van der Waals surface area contributed by atoms with E-state index in [1.807, 2.05) is 0 Å². The predicted octanol–water partition coefficient (Wildman–Crippen LogP) is 5.15. The van der Waals surface area contributed by atoms with Crippen LogP contribution in [0.2, 0.25) is 0 Å². The van der Waals surface area contributed by atoms with Crippen molar-refractivity contribution in [2.24, 2.45) is 5.92 Å². The first kappa shape index (κ1) is 11.7. The summed E-state index contributed by atoms with van der Waals surface area (Å²) in [7, 11) is 0. The molecular formula is C16H24. The van der Waals surface area contributed by atoms with E-state index in [1.165, 1.54) is 44.9 Å². The van der Waals surface area contributed by atoms with Crippen LogP contribution >= 0.6 is 0 Å². The fourth-order valence-corrected chi connectivity index (χ4v) is 3.00. The highest BCUT2D eigenvalue weighted by atomic mass is 14.3. The molecule has 88 valence electrons. The standard InChI is InChI=1S/C16H24/c1-2-3-7-14-10-12-16(13-11-14)15-8-5-4-6-9-15/h4-6,8-9,14,16H,2-3,7,10-13H2,1H3/t14-,16+. The number of hydrogen-bond acceptors (Lipinski definition) is 0. The molecule has 0 amide bonds. The van der Waals surface area contributed by atoms with E-state index in [1.54, 1.807) is 5.56 Å². The van der Waals surface area contributed by atoms with Gasteiger partial charge in [0.05, 0.1) is 0 Å². The van der Waals surface area contributed by atoms with E-state index in [2.05, 4.69) is 37.3 Å². The van der Waals surface area contributed by atoms with Crippen LogP contribution in [0, 0.1) is 5.92 Å². The summed E-state index contributed by atoms with van der Waals surface area (Å²) in [6.07, 6.45) is 10.0. The molecule has 0 bridgehead atoms. The summed E-state index contributed by atoms with van der Waals surface area (Å²) in [6, 6.07) is 11.1. The van der Waals surface area contributed by atoms with Crippen molar-refractivity contribution in [3.05, 3.63) is 35.9 Å². The van der Waals surface area contributed by atoms with Gasteiger partial charge in [-0.3, -0.25) is 0 Å². The van der Waals surface area contributed by atoms with E-state index in [0.717, 1.165) is 11.8 Å². The van der Waals surface area contributed by atoms with Crippen LogP contribution in [-0.4, -0.2) is 0 Å². The van der Waals surface area contributed by atoms with Gasteiger partial charge in [-0.2, -0.15) is 0 Å². The van der Waals surface area contributed by atoms with E-state index >= 15 is 0 Å². The molecule has 0 heterocycles. The molecule has 0 heteroatoms. The molecule has 2 rings (SSSR count). The summed E-state index contributed by atoms with van der Waals surface area (Å²) in [4.78, 5) is 0. The summed E-state index contributed by atoms with van der Waals surface area (Å²) >= 11 is 0. The summed E-state index contributed by atoms with van der Waals surface area (Å²) in [6.45, 7) is 2.30. The summed E-state index contributed by atoms with van der Waals surface area (Å²) < 4.78 is 0. The Morgan fingerprint density at radius 3 is 2.31 bits per heavy atom. The second kappa shape index (κ2) is 6.08. The highest BCUT2D eigenvalue weighted by molar-refractivity contribution is 5.19. The SMILES string of the molecule is CCCC[C@H]1CC[C@@H](c2ccccc2)CC1. The van der Waals surface area contributed by atoms with Crippen molar-refractivity contribution < 1.29 is 0 Å². The number of hydrogen-bond donors (Lipinski definition) is 0. The highest BCUT2D eigenvalue weighted by Crippen LogP contribution is 2.37. The van der Waals surface area contributed by atoms with Crippen molar-refractivity contribution in [1.82, 2.24) is 0 Å². The van der Waals surface area contributed by atoms with Crippen molar-refractivity contribution in [2.75, 3.05) is 0 Å². The largest absolute Gasteiger partial charge is 0.0654 e. The van der Waals surface area contributed by atoms with E-state index < -0.39 is 0 Å². The number of benzene rings is 1. The minimum Gasteiger partial charge on any atom is -0.0654 e. The molecule has 0 aliphatic heterocycles. The minimum atomic E-state index is 0.846. The Hall–Kier alpha value is -0.780. The average molecular weight is 216 g/mol. The quantitative estimate of drug-likeness (QED) is 0.653. The molecule has 1 aromatic rings. The monoisotopic (exact) mass is 216 g/mol. The molecule has 0 unspecified atom stereocenters. The van der Waals surface area contributed by atoms with Crippen LogP contribution in [0.4, 0.5) is 0 Å². The van der Waals surface area contributed by atoms with Crippen molar-refractivity contribution in [1.29, 1.82) is 0 Å². The molecule has 0 radical (unpaired) electrons. The Bertz CT molecular complexity index is 280. The molecule has 1 aliphatic rings. The molecule has 0 N–H and O–H groups in total. The van der Waals surface area contributed by atoms with Gasteiger partial charge in [-0.1, -0.05) is 56.5 Å². The Kier molecular flexibility index (Phi) is 4.44. The predicted molar refractivity (Wildman–Crippen MR) is 70.7 cm³/mol. The zero-order chi connectivity index (χ0) is 11.2. The molecule has 0 atom stereocenters. The Balaban J connectivity index is 1.81. The second-order valence-electron chi connectivity index (χ2n) is 5.27. The first-order valence-corrected chi connectivity index (χ1v) is 6.95. The topological polar surface area (TPSA) is 0 Å². The van der Waals surface area contributed by atoms with Crippen LogP contribution in [0.3, 0.4) is 0 Å². The maximum Gasteiger partial charge on any atom is -0.0162 e. The third kappa shape index (κ3) is 3.10. The summed E-state index contributed by atoms with van der Waals surface area (Å²) in [5, 5.41) is 0. The first-order chi connectivity index (χ1) is 7.90. The molecule has 1 saturated carbocycles. The lowest BCUT2D eigenvalue weighted by Crippen LogP contribution is -2.13. The minimum absolute atomic E-state index is 0.846. The van der Waals surface area contributed by atoms with Crippen LogP contribution in [0.5, 0.6) is 0 Å². The van der Waals surface area contributed by atoms with Crippen LogP contribution in [0.25, 0.3) is 0 Å². The van der Waals surface area contributed by atoms with Crippen molar-refractivity contribution >= 4 is 0 Å². The summed E-state index contributed by atoms with van der Waals surface area (Å²) in [5.41, 5.74) is 1.57. The lowest BCUT2D eigenvalue weighted by atomic mass is 9.77. The van der Waals surface area contributed by atoms with Gasteiger partial charge in [0, 0.05) is 0 Å². The van der Waals surface area contributed by atoms with E-state index in [9.17, 15) is 0 Å². The van der Waals surface area contributed by atoms with E-state index in [0.29, 0.717) is 0 Å². The maximum atomic E-state index is 2.30. The smallest absolute Gasteiger partial charge is 0.0162 e. The van der Waals surface area contributed by atoms with E-state index in [4.69, 9.17) is 0 Å². The molecule has 0 spiro atoms. The van der Waals surface area contributed by atoms with Crippen LogP contribution < -0.4 is 0 Å². The third-order valence-corrected chi connectivity index (χ3v) is 4.08. The van der Waals surface area contributed by atoms with Crippen molar-refractivity contribution in [3.8, 4) is 0 Å². The van der Waals surface area contributed by atoms with Gasteiger partial charge < -0.3 is 0 Å². The Morgan fingerprint density at radius 1 is 1.00 bits per heavy atom. The van der Waals surface area contributed by atoms with Crippen molar-refractivity contribution in [2.45, 2.75) is 57.8 Å². The molecule has 1 aliphatic carbocycles. The Labute approximate surface area is 100 Å². The first-order valence-electron chi connectivity index (χ1n) is 6.95. The van der Waals surface area contributed by atoms with Crippen molar-refractivity contribution in [3.63, 3.8) is 0 Å². The Morgan fingerprint density at radius 2 is 1.69 bits per heavy atom. The van der Waals surface area contributed by atoms with Crippen LogP contribution in [-0.2, 0) is 0 Å². The van der Waals surface area contributed by atoms with Gasteiger partial charge >= 0.3 is 0 Å². The lowest BCUT2D eigenvalue weighted by Gasteiger charge is -2.28. The van der Waals surface area contributed by atoms with Crippen LogP contribution in [0.15, 0.2) is 30.3 Å². The fraction of sp³-hybridized carbons (Fsp3) is 0.625.